The summed E-state index contributed by atoms with van der Waals surface area (Å²) in [6, 6.07) is 17.0. The van der Waals surface area contributed by atoms with E-state index in [2.05, 4.69) is 13.5 Å². The van der Waals surface area contributed by atoms with Gasteiger partial charge in [-0.25, -0.2) is 9.59 Å². The van der Waals surface area contributed by atoms with Gasteiger partial charge in [0.05, 0.1) is 23.3 Å². The smallest absolute Gasteiger partial charge is 0.338 e. The van der Waals surface area contributed by atoms with Gasteiger partial charge in [0.25, 0.3) is 0 Å². The molecule has 4 aliphatic heterocycles. The monoisotopic (exact) mass is 900 g/mol. The highest BCUT2D eigenvalue weighted by Crippen LogP contribution is 2.76. The van der Waals surface area contributed by atoms with Gasteiger partial charge in [0.15, 0.2) is 17.8 Å². The van der Waals surface area contributed by atoms with Crippen LogP contribution in [-0.2, 0) is 57.0 Å². The topological polar surface area (TPSA) is 192 Å². The molecule has 4 unspecified atom stereocenters. The molecule has 2 aromatic carbocycles. The van der Waals surface area contributed by atoms with Gasteiger partial charge in [-0.3, -0.25) is 14.4 Å². The van der Waals surface area contributed by atoms with Crippen molar-refractivity contribution >= 4 is 29.8 Å². The van der Waals surface area contributed by atoms with Crippen LogP contribution in [0.5, 0.6) is 0 Å². The summed E-state index contributed by atoms with van der Waals surface area (Å²) in [5.74, 6) is -9.72. The number of carbonyl (C=O) groups excluding carboxylic acids is 5. The van der Waals surface area contributed by atoms with E-state index >= 15 is 0 Å². The first kappa shape index (κ1) is 45.5. The Balaban J connectivity index is 1.34. The maximum atomic E-state index is 14.6. The third-order valence-electron chi connectivity index (χ3n) is 15.7. The molecule has 3 saturated carbocycles. The van der Waals surface area contributed by atoms with Gasteiger partial charge in [0.2, 0.25) is 0 Å². The Morgan fingerprint density at radius 2 is 1.37 bits per heavy atom. The maximum Gasteiger partial charge on any atom is 0.338 e. The van der Waals surface area contributed by atoms with Crippen LogP contribution in [0.15, 0.2) is 72.8 Å². The lowest BCUT2D eigenvalue weighted by Gasteiger charge is -2.62. The summed E-state index contributed by atoms with van der Waals surface area (Å²) in [7, 11) is 0. The molecular weight excluding hydrogens is 841 g/mol. The lowest BCUT2D eigenvalue weighted by molar-refractivity contribution is -0.459. The minimum atomic E-state index is -2.36. The minimum Gasteiger partial charge on any atom is -0.463 e. The van der Waals surface area contributed by atoms with Gasteiger partial charge >= 0.3 is 35.8 Å². The Morgan fingerprint density at radius 3 is 1.98 bits per heavy atom. The van der Waals surface area contributed by atoms with Crippen molar-refractivity contribution in [1.29, 1.82) is 0 Å². The zero-order valence-electron chi connectivity index (χ0n) is 37.9. The Morgan fingerprint density at radius 1 is 0.738 bits per heavy atom. The van der Waals surface area contributed by atoms with Crippen molar-refractivity contribution in [3.63, 3.8) is 0 Å². The summed E-state index contributed by atoms with van der Waals surface area (Å²) in [5, 5.41) is 14.6. The maximum absolute atomic E-state index is 14.6. The van der Waals surface area contributed by atoms with Crippen molar-refractivity contribution < 1.29 is 71.7 Å². The second-order valence-corrected chi connectivity index (χ2v) is 19.6. The number of ether oxygens (including phenoxy) is 9. The molecule has 15 heteroatoms. The molecule has 2 aromatic rings. The normalized spacial score (nSPS) is 42.0. The number of fused-ring (bicyclic) bond motifs is 1. The van der Waals surface area contributed by atoms with E-state index in [1.807, 2.05) is 13.8 Å². The number of hydrogen-bond donors (Lipinski definition) is 1. The number of aliphatic hydroxyl groups is 1. The van der Waals surface area contributed by atoms with Crippen molar-refractivity contribution in [3.05, 3.63) is 83.9 Å². The number of hydrogen-bond acceptors (Lipinski definition) is 15. The number of epoxide rings is 1. The van der Waals surface area contributed by atoms with Gasteiger partial charge in [0.1, 0.15) is 36.1 Å². The summed E-state index contributed by atoms with van der Waals surface area (Å²) in [6.45, 7) is 13.3. The Labute approximate surface area is 378 Å². The molecule has 350 valence electrons. The number of rotatable bonds is 10. The summed E-state index contributed by atoms with van der Waals surface area (Å²) >= 11 is 0. The van der Waals surface area contributed by atoms with E-state index in [9.17, 15) is 29.1 Å². The molecule has 4 heterocycles. The van der Waals surface area contributed by atoms with Crippen molar-refractivity contribution in [2.45, 2.75) is 145 Å². The highest BCUT2D eigenvalue weighted by atomic mass is 16.9. The molecule has 0 aromatic heterocycles. The second-order valence-electron chi connectivity index (χ2n) is 19.6. The summed E-state index contributed by atoms with van der Waals surface area (Å²) in [5.41, 5.74) is -6.11. The zero-order chi connectivity index (χ0) is 46.3. The molecule has 7 fully saturated rings. The van der Waals surface area contributed by atoms with Gasteiger partial charge in [-0.05, 0) is 73.8 Å². The van der Waals surface area contributed by atoms with Crippen LogP contribution in [0.4, 0.5) is 0 Å². The van der Waals surface area contributed by atoms with E-state index < -0.39 is 125 Å². The van der Waals surface area contributed by atoms with Crippen LogP contribution in [0, 0.1) is 35.5 Å². The Hall–Kier alpha value is -4.67. The summed E-state index contributed by atoms with van der Waals surface area (Å²) in [4.78, 5) is 67.9. The summed E-state index contributed by atoms with van der Waals surface area (Å²) in [6.07, 6.45) is -1.95. The molecule has 0 radical (unpaired) electrons. The lowest BCUT2D eigenvalue weighted by Crippen LogP contribution is -2.75. The average Bonchev–Trinajstić information content (AvgIpc) is 3.89. The van der Waals surface area contributed by atoms with Gasteiger partial charge < -0.3 is 47.7 Å². The van der Waals surface area contributed by atoms with Gasteiger partial charge in [0, 0.05) is 38.5 Å². The average molecular weight is 901 g/mol. The first-order valence-electron chi connectivity index (χ1n) is 23.1. The van der Waals surface area contributed by atoms with E-state index in [1.165, 1.54) is 20.8 Å². The molecule has 65 heavy (non-hydrogen) atoms. The van der Waals surface area contributed by atoms with Crippen LogP contribution in [0.1, 0.15) is 107 Å². The van der Waals surface area contributed by atoms with Crippen molar-refractivity contribution in [2.24, 2.45) is 35.5 Å². The molecule has 3 bridgehead atoms. The van der Waals surface area contributed by atoms with Crippen LogP contribution in [0.3, 0.4) is 0 Å². The van der Waals surface area contributed by atoms with Gasteiger partial charge in [-0.1, -0.05) is 82.5 Å². The van der Waals surface area contributed by atoms with E-state index in [-0.39, 0.29) is 24.5 Å². The molecule has 3 aliphatic carbocycles. The fourth-order valence-electron chi connectivity index (χ4n) is 13.3. The molecule has 4 saturated heterocycles. The predicted octanol–water partition coefficient (Wildman–Crippen LogP) is 6.04. The number of benzene rings is 2. The second kappa shape index (κ2) is 16.6. The predicted molar refractivity (Wildman–Crippen MR) is 227 cm³/mol. The third kappa shape index (κ3) is 7.05. The zero-order valence-corrected chi connectivity index (χ0v) is 37.9. The van der Waals surface area contributed by atoms with Crippen molar-refractivity contribution in [2.75, 3.05) is 13.2 Å². The minimum absolute atomic E-state index is 0.0958. The highest BCUT2D eigenvalue weighted by molar-refractivity contribution is 5.90. The molecule has 1 N–H and O–H groups in total. The number of carbonyl (C=O) groups is 5. The molecular formula is C50H60O15. The Kier molecular flexibility index (Phi) is 11.6. The molecule has 0 amide bonds. The molecule has 9 rings (SSSR count). The van der Waals surface area contributed by atoms with E-state index in [1.54, 1.807) is 60.7 Å². The first-order chi connectivity index (χ1) is 30.9. The highest BCUT2D eigenvalue weighted by Gasteiger charge is 2.92. The molecule has 15 nitrogen and oxygen atoms in total. The van der Waals surface area contributed by atoms with Gasteiger partial charge in [-0.15, -0.1) is 0 Å². The Bertz CT molecular complexity index is 2220. The number of esters is 5. The van der Waals surface area contributed by atoms with Crippen LogP contribution >= 0.6 is 0 Å². The van der Waals surface area contributed by atoms with Crippen LogP contribution < -0.4 is 0 Å². The SMILES string of the molecule is C=C(C)[C@]12C[C@@H](COC(=O)c3ccccc3)[C@@]34OC5(O[C@@H]1C3[C@@H]1O[C@]1(COC(C)=O)[C@@H](OC(C)=O)[C@@]1(O)C4C([C@H](C)CCCCCC[C@H]5OC(C)=O)[C@H](C)[C@@H]1OC(=O)c1ccccc1)O2. The van der Waals surface area contributed by atoms with Gasteiger partial charge in [-0.2, -0.15) is 0 Å². The van der Waals surface area contributed by atoms with Crippen molar-refractivity contribution in [1.82, 2.24) is 0 Å². The first-order valence-corrected chi connectivity index (χ1v) is 23.1. The fourth-order valence-corrected chi connectivity index (χ4v) is 13.3. The van der Waals surface area contributed by atoms with Crippen molar-refractivity contribution in [3.8, 4) is 0 Å². The fraction of sp³-hybridized carbons (Fsp3) is 0.620. The van der Waals surface area contributed by atoms with E-state index in [0.29, 0.717) is 30.4 Å². The third-order valence-corrected chi connectivity index (χ3v) is 15.7. The molecule has 2 spiro atoms. The van der Waals surface area contributed by atoms with Crippen LogP contribution in [0.25, 0.3) is 0 Å². The molecule has 16 atom stereocenters. The molecule has 7 aliphatic rings. The summed E-state index contributed by atoms with van der Waals surface area (Å²) < 4.78 is 60.2. The van der Waals surface area contributed by atoms with E-state index in [4.69, 9.17) is 42.6 Å². The largest absolute Gasteiger partial charge is 0.463 e. The quantitative estimate of drug-likeness (QED) is 0.126. The standard InChI is InChI=1S/C50H60O15/c1-27(2)46-24-35(25-57-43(54)33-19-13-10-14-20-33)49-38-41(46)63-50(64-46,65-49)36(59-31(6)52)23-17-9-8-12-18-28(3)37-29(4)40(61-44(55)34-21-15-11-16-22-34)48(56,39(37)49)45(60-32(7)53)47(42(38)62-47)26-58-30(5)51/h10-11,13-16,19-22,28-29,35-42,45,56H,1,8-9,12,17-18,23-26H2,2-7H3/t28-,29+,35+,36-,37?,38?,39?,40+,41-,42+,45-,46-,47+,48-,49-,50?/m1/s1. The lowest BCUT2D eigenvalue weighted by atomic mass is 9.51. The van der Waals surface area contributed by atoms with Crippen LogP contribution in [0.2, 0.25) is 0 Å². The van der Waals surface area contributed by atoms with Crippen LogP contribution in [-0.4, -0.2) is 107 Å². The van der Waals surface area contributed by atoms with E-state index in [0.717, 1.165) is 19.3 Å².